The Bertz CT molecular complexity index is 615. The fourth-order valence-electron chi connectivity index (χ4n) is 1.97. The van der Waals surface area contributed by atoms with Gasteiger partial charge in [0.25, 0.3) is 0 Å². The standard InChI is InChI=1S/C16H14O4/c1-16(14(17)18,15(19)20)13-9-7-12(8-10-13)11-5-3-2-4-6-11/h2-10H,1H3,(H,17,18)(H,19,20). The second-order valence-electron chi connectivity index (χ2n) is 4.68. The maximum atomic E-state index is 11.2. The van der Waals surface area contributed by atoms with Gasteiger partial charge in [-0.2, -0.15) is 0 Å². The molecule has 0 bridgehead atoms. The number of carboxylic acids is 2. The minimum Gasteiger partial charge on any atom is -0.480 e. The highest BCUT2D eigenvalue weighted by Crippen LogP contribution is 2.27. The van der Waals surface area contributed by atoms with E-state index in [4.69, 9.17) is 10.2 Å². The summed E-state index contributed by atoms with van der Waals surface area (Å²) in [5.41, 5.74) is 0.214. The molecule has 20 heavy (non-hydrogen) atoms. The van der Waals surface area contributed by atoms with Gasteiger partial charge in [-0.15, -0.1) is 0 Å². The molecular weight excluding hydrogens is 256 g/mol. The molecule has 0 unspecified atom stereocenters. The minimum absolute atomic E-state index is 0.247. The van der Waals surface area contributed by atoms with Crippen molar-refractivity contribution in [2.45, 2.75) is 12.3 Å². The van der Waals surface area contributed by atoms with Crippen molar-refractivity contribution in [3.63, 3.8) is 0 Å². The van der Waals surface area contributed by atoms with Crippen molar-refractivity contribution in [2.24, 2.45) is 0 Å². The summed E-state index contributed by atoms with van der Waals surface area (Å²) in [7, 11) is 0. The highest BCUT2D eigenvalue weighted by atomic mass is 16.4. The van der Waals surface area contributed by atoms with E-state index in [9.17, 15) is 9.59 Å². The third-order valence-corrected chi connectivity index (χ3v) is 3.42. The fourth-order valence-corrected chi connectivity index (χ4v) is 1.97. The quantitative estimate of drug-likeness (QED) is 0.838. The Morgan fingerprint density at radius 3 is 1.70 bits per heavy atom. The van der Waals surface area contributed by atoms with Gasteiger partial charge in [-0.1, -0.05) is 54.6 Å². The molecule has 0 heterocycles. The molecular formula is C16H14O4. The van der Waals surface area contributed by atoms with Gasteiger partial charge in [0.2, 0.25) is 0 Å². The van der Waals surface area contributed by atoms with Crippen LogP contribution in [-0.2, 0) is 15.0 Å². The maximum absolute atomic E-state index is 11.2. The van der Waals surface area contributed by atoms with E-state index in [-0.39, 0.29) is 5.56 Å². The smallest absolute Gasteiger partial charge is 0.325 e. The second-order valence-corrected chi connectivity index (χ2v) is 4.68. The van der Waals surface area contributed by atoms with Crippen LogP contribution in [0.1, 0.15) is 12.5 Å². The van der Waals surface area contributed by atoms with Crippen molar-refractivity contribution < 1.29 is 19.8 Å². The topological polar surface area (TPSA) is 74.6 Å². The Balaban J connectivity index is 2.42. The number of carbonyl (C=O) groups is 2. The molecule has 0 spiro atoms. The summed E-state index contributed by atoms with van der Waals surface area (Å²) in [6, 6.07) is 16.1. The van der Waals surface area contributed by atoms with Crippen LogP contribution in [0.2, 0.25) is 0 Å². The van der Waals surface area contributed by atoms with Crippen LogP contribution in [-0.4, -0.2) is 22.2 Å². The summed E-state index contributed by atoms with van der Waals surface area (Å²) in [6.07, 6.45) is 0. The van der Waals surface area contributed by atoms with Crippen molar-refractivity contribution in [2.75, 3.05) is 0 Å². The van der Waals surface area contributed by atoms with Gasteiger partial charge in [0, 0.05) is 0 Å². The fraction of sp³-hybridized carbons (Fsp3) is 0.125. The monoisotopic (exact) mass is 270 g/mol. The van der Waals surface area contributed by atoms with Gasteiger partial charge in [0.1, 0.15) is 0 Å². The van der Waals surface area contributed by atoms with E-state index < -0.39 is 17.4 Å². The first-order valence-electron chi connectivity index (χ1n) is 6.09. The van der Waals surface area contributed by atoms with Crippen LogP contribution in [0.15, 0.2) is 54.6 Å². The molecule has 0 radical (unpaired) electrons. The zero-order valence-electron chi connectivity index (χ0n) is 10.9. The molecule has 0 saturated heterocycles. The number of hydrogen-bond acceptors (Lipinski definition) is 2. The summed E-state index contributed by atoms with van der Waals surface area (Å²) >= 11 is 0. The lowest BCUT2D eigenvalue weighted by Gasteiger charge is -2.20. The van der Waals surface area contributed by atoms with Crippen molar-refractivity contribution in [1.82, 2.24) is 0 Å². The van der Waals surface area contributed by atoms with Crippen LogP contribution < -0.4 is 0 Å². The van der Waals surface area contributed by atoms with Gasteiger partial charge in [-0.05, 0) is 23.6 Å². The Morgan fingerprint density at radius 2 is 1.25 bits per heavy atom. The van der Waals surface area contributed by atoms with Gasteiger partial charge in [0.05, 0.1) is 0 Å². The van der Waals surface area contributed by atoms with Crippen molar-refractivity contribution >= 4 is 11.9 Å². The molecule has 0 atom stereocenters. The van der Waals surface area contributed by atoms with E-state index >= 15 is 0 Å². The van der Waals surface area contributed by atoms with Crippen LogP contribution in [0.4, 0.5) is 0 Å². The van der Waals surface area contributed by atoms with E-state index in [0.717, 1.165) is 11.1 Å². The van der Waals surface area contributed by atoms with Crippen molar-refractivity contribution in [1.29, 1.82) is 0 Å². The number of benzene rings is 2. The zero-order chi connectivity index (χ0) is 14.8. The summed E-state index contributed by atoms with van der Waals surface area (Å²) in [5.74, 6) is -2.75. The summed E-state index contributed by atoms with van der Waals surface area (Å²) < 4.78 is 0. The summed E-state index contributed by atoms with van der Waals surface area (Å²) in [6.45, 7) is 1.19. The molecule has 0 aromatic heterocycles. The molecule has 2 rings (SSSR count). The highest BCUT2D eigenvalue weighted by Gasteiger charge is 2.43. The van der Waals surface area contributed by atoms with Crippen molar-refractivity contribution in [3.8, 4) is 11.1 Å². The van der Waals surface area contributed by atoms with E-state index in [0.29, 0.717) is 0 Å². The molecule has 0 aliphatic heterocycles. The molecule has 2 N–H and O–H groups in total. The van der Waals surface area contributed by atoms with Gasteiger partial charge in [0.15, 0.2) is 5.41 Å². The largest absolute Gasteiger partial charge is 0.480 e. The first-order valence-corrected chi connectivity index (χ1v) is 6.09. The molecule has 4 heteroatoms. The Kier molecular flexibility index (Phi) is 3.57. The van der Waals surface area contributed by atoms with Crippen LogP contribution in [0.3, 0.4) is 0 Å². The SMILES string of the molecule is CC(C(=O)O)(C(=O)O)c1ccc(-c2ccccc2)cc1. The third kappa shape index (κ3) is 2.28. The Morgan fingerprint density at radius 1 is 0.800 bits per heavy atom. The number of rotatable bonds is 4. The first kappa shape index (κ1) is 13.8. The molecule has 102 valence electrons. The van der Waals surface area contributed by atoms with E-state index in [1.54, 1.807) is 24.3 Å². The minimum atomic E-state index is -1.94. The normalized spacial score (nSPS) is 11.1. The molecule has 4 nitrogen and oxygen atoms in total. The molecule has 0 aliphatic rings. The van der Waals surface area contributed by atoms with E-state index in [2.05, 4.69) is 0 Å². The Labute approximate surface area is 116 Å². The predicted octanol–water partition coefficient (Wildman–Crippen LogP) is 2.78. The number of aliphatic carboxylic acids is 2. The van der Waals surface area contributed by atoms with Crippen LogP contribution >= 0.6 is 0 Å². The predicted molar refractivity (Wildman–Crippen MR) is 74.5 cm³/mol. The molecule has 0 amide bonds. The maximum Gasteiger partial charge on any atom is 0.325 e. The number of hydrogen-bond donors (Lipinski definition) is 2. The molecule has 2 aromatic rings. The average molecular weight is 270 g/mol. The van der Waals surface area contributed by atoms with E-state index in [1.807, 2.05) is 30.3 Å². The van der Waals surface area contributed by atoms with Crippen LogP contribution in [0.5, 0.6) is 0 Å². The van der Waals surface area contributed by atoms with Gasteiger partial charge in [-0.25, -0.2) is 0 Å². The summed E-state index contributed by atoms with van der Waals surface area (Å²) in [4.78, 5) is 22.5. The zero-order valence-corrected chi connectivity index (χ0v) is 10.9. The van der Waals surface area contributed by atoms with Gasteiger partial charge in [-0.3, -0.25) is 9.59 Å². The lowest BCUT2D eigenvalue weighted by Crippen LogP contribution is -2.40. The lowest BCUT2D eigenvalue weighted by molar-refractivity contribution is -0.156. The van der Waals surface area contributed by atoms with Crippen LogP contribution in [0, 0.1) is 0 Å². The molecule has 0 fully saturated rings. The van der Waals surface area contributed by atoms with Crippen LogP contribution in [0.25, 0.3) is 11.1 Å². The van der Waals surface area contributed by atoms with Crippen molar-refractivity contribution in [3.05, 3.63) is 60.2 Å². The first-order chi connectivity index (χ1) is 9.46. The Hall–Kier alpha value is -2.62. The summed E-state index contributed by atoms with van der Waals surface area (Å²) in [5, 5.41) is 18.3. The second kappa shape index (κ2) is 5.17. The van der Waals surface area contributed by atoms with Gasteiger partial charge < -0.3 is 10.2 Å². The molecule has 0 saturated carbocycles. The molecule has 2 aromatic carbocycles. The lowest BCUT2D eigenvalue weighted by atomic mass is 9.82. The highest BCUT2D eigenvalue weighted by molar-refractivity contribution is 6.04. The van der Waals surface area contributed by atoms with E-state index in [1.165, 1.54) is 6.92 Å². The average Bonchev–Trinajstić information content (AvgIpc) is 2.47. The molecule has 0 aliphatic carbocycles. The third-order valence-electron chi connectivity index (χ3n) is 3.42. The van der Waals surface area contributed by atoms with Gasteiger partial charge >= 0.3 is 11.9 Å². The number of carboxylic acid groups (broad SMARTS) is 2.